The molecule has 0 radical (unpaired) electrons. The van der Waals surface area contributed by atoms with Crippen LogP contribution in [-0.2, 0) is 16.1 Å². The van der Waals surface area contributed by atoms with Gasteiger partial charge in [-0.3, -0.25) is 9.59 Å². The van der Waals surface area contributed by atoms with Crippen LogP contribution in [0.5, 0.6) is 0 Å². The maximum atomic E-state index is 13.3. The van der Waals surface area contributed by atoms with Gasteiger partial charge < -0.3 is 10.2 Å². The summed E-state index contributed by atoms with van der Waals surface area (Å²) < 4.78 is 13.3. The molecule has 0 saturated carbocycles. The van der Waals surface area contributed by atoms with Gasteiger partial charge in [-0.2, -0.15) is 0 Å². The number of amides is 2. The predicted molar refractivity (Wildman–Crippen MR) is 126 cm³/mol. The van der Waals surface area contributed by atoms with Crippen LogP contribution in [0.15, 0.2) is 53.4 Å². The van der Waals surface area contributed by atoms with E-state index in [1.54, 1.807) is 35.7 Å². The van der Waals surface area contributed by atoms with Gasteiger partial charge in [-0.05, 0) is 74.4 Å². The SMILES string of the molecule is CC[C@H](C)NC(=O)[C@@H](C)N(Cc1ccc(F)cc1)C(=O)CCCSc1ccc(Cl)cc1. The Labute approximate surface area is 193 Å². The van der Waals surface area contributed by atoms with Crippen molar-refractivity contribution in [3.63, 3.8) is 0 Å². The van der Waals surface area contributed by atoms with Gasteiger partial charge in [0.15, 0.2) is 0 Å². The molecule has 2 aromatic carbocycles. The van der Waals surface area contributed by atoms with E-state index in [1.165, 1.54) is 12.1 Å². The molecular formula is C24H30ClFN2O2S. The van der Waals surface area contributed by atoms with Crippen LogP contribution in [0.2, 0.25) is 5.02 Å². The Morgan fingerprint density at radius 3 is 2.35 bits per heavy atom. The van der Waals surface area contributed by atoms with E-state index in [2.05, 4.69) is 5.32 Å². The highest BCUT2D eigenvalue weighted by Crippen LogP contribution is 2.22. The lowest BCUT2D eigenvalue weighted by molar-refractivity contribution is -0.140. The first kappa shape index (κ1) is 25.2. The van der Waals surface area contributed by atoms with E-state index in [-0.39, 0.29) is 30.2 Å². The third-order valence-corrected chi connectivity index (χ3v) is 6.40. The van der Waals surface area contributed by atoms with Crippen LogP contribution < -0.4 is 5.32 Å². The number of hydrogen-bond donors (Lipinski definition) is 1. The number of thioether (sulfide) groups is 1. The number of carbonyl (C=O) groups is 2. The van der Waals surface area contributed by atoms with Crippen molar-refractivity contribution in [2.24, 2.45) is 0 Å². The number of hydrogen-bond acceptors (Lipinski definition) is 3. The first-order chi connectivity index (χ1) is 14.8. The fourth-order valence-electron chi connectivity index (χ4n) is 2.92. The largest absolute Gasteiger partial charge is 0.352 e. The van der Waals surface area contributed by atoms with Gasteiger partial charge in [0.1, 0.15) is 11.9 Å². The topological polar surface area (TPSA) is 49.4 Å². The molecule has 1 N–H and O–H groups in total. The summed E-state index contributed by atoms with van der Waals surface area (Å²) >= 11 is 7.57. The van der Waals surface area contributed by atoms with Gasteiger partial charge in [0.25, 0.3) is 0 Å². The quantitative estimate of drug-likeness (QED) is 0.343. The molecule has 4 nitrogen and oxygen atoms in total. The van der Waals surface area contributed by atoms with Crippen LogP contribution >= 0.6 is 23.4 Å². The minimum atomic E-state index is -0.615. The fourth-order valence-corrected chi connectivity index (χ4v) is 3.90. The molecule has 31 heavy (non-hydrogen) atoms. The predicted octanol–water partition coefficient (Wildman–Crippen LogP) is 5.68. The summed E-state index contributed by atoms with van der Waals surface area (Å²) in [6, 6.07) is 13.0. The summed E-state index contributed by atoms with van der Waals surface area (Å²) in [6.45, 7) is 5.93. The van der Waals surface area contributed by atoms with Crippen molar-refractivity contribution in [3.8, 4) is 0 Å². The zero-order valence-corrected chi connectivity index (χ0v) is 19.8. The Bertz CT molecular complexity index is 846. The zero-order chi connectivity index (χ0) is 22.8. The number of benzene rings is 2. The van der Waals surface area contributed by atoms with Crippen LogP contribution in [0.25, 0.3) is 0 Å². The van der Waals surface area contributed by atoms with Crippen LogP contribution in [0.4, 0.5) is 4.39 Å². The first-order valence-corrected chi connectivity index (χ1v) is 11.9. The summed E-state index contributed by atoms with van der Waals surface area (Å²) in [5.41, 5.74) is 0.786. The summed E-state index contributed by atoms with van der Waals surface area (Å²) in [6.07, 6.45) is 1.83. The Morgan fingerprint density at radius 1 is 1.10 bits per heavy atom. The standard InChI is InChI=1S/C24H30ClFN2O2S/c1-4-17(2)27-24(30)18(3)28(16-19-7-11-21(26)12-8-19)23(29)6-5-15-31-22-13-9-20(25)10-14-22/h7-14,17-18H,4-6,15-16H2,1-3H3,(H,27,30)/t17-,18+/m0/s1. The van der Waals surface area contributed by atoms with Gasteiger partial charge in [0.2, 0.25) is 11.8 Å². The lowest BCUT2D eigenvalue weighted by atomic mass is 10.1. The van der Waals surface area contributed by atoms with Crippen LogP contribution in [0, 0.1) is 5.82 Å². The van der Waals surface area contributed by atoms with Crippen LogP contribution in [0.3, 0.4) is 0 Å². The molecule has 0 aliphatic rings. The number of halogens is 2. The molecule has 0 unspecified atom stereocenters. The molecule has 2 amide bonds. The molecular weight excluding hydrogens is 435 g/mol. The Kier molecular flexibility index (Phi) is 10.3. The fraction of sp³-hybridized carbons (Fsp3) is 0.417. The number of rotatable bonds is 11. The number of nitrogens with zero attached hydrogens (tertiary/aromatic N) is 1. The molecule has 0 saturated heterocycles. The average Bonchev–Trinajstić information content (AvgIpc) is 2.76. The number of carbonyl (C=O) groups excluding carboxylic acids is 2. The maximum absolute atomic E-state index is 13.3. The normalized spacial score (nSPS) is 12.8. The molecule has 0 spiro atoms. The molecule has 2 aromatic rings. The highest BCUT2D eigenvalue weighted by Gasteiger charge is 2.26. The minimum Gasteiger partial charge on any atom is -0.352 e. The average molecular weight is 465 g/mol. The second kappa shape index (κ2) is 12.7. The van der Waals surface area contributed by atoms with Crippen LogP contribution in [-0.4, -0.2) is 34.6 Å². The van der Waals surface area contributed by atoms with E-state index in [1.807, 2.05) is 38.1 Å². The molecule has 168 valence electrons. The molecule has 0 heterocycles. The van der Waals surface area contributed by atoms with E-state index in [9.17, 15) is 14.0 Å². The molecule has 2 rings (SSSR count). The second-order valence-electron chi connectivity index (χ2n) is 7.55. The molecule has 0 aliphatic heterocycles. The van der Waals surface area contributed by atoms with Gasteiger partial charge >= 0.3 is 0 Å². The Morgan fingerprint density at radius 2 is 1.74 bits per heavy atom. The Hall–Kier alpha value is -2.05. The van der Waals surface area contributed by atoms with E-state index in [0.29, 0.717) is 17.9 Å². The number of nitrogens with one attached hydrogen (secondary N) is 1. The van der Waals surface area contributed by atoms with Gasteiger partial charge in [-0.1, -0.05) is 30.7 Å². The monoisotopic (exact) mass is 464 g/mol. The maximum Gasteiger partial charge on any atom is 0.242 e. The Balaban J connectivity index is 1.99. The third-order valence-electron chi connectivity index (χ3n) is 5.05. The van der Waals surface area contributed by atoms with E-state index >= 15 is 0 Å². The summed E-state index contributed by atoms with van der Waals surface area (Å²) in [4.78, 5) is 28.4. The summed E-state index contributed by atoms with van der Waals surface area (Å²) in [5, 5.41) is 3.64. The van der Waals surface area contributed by atoms with Crippen molar-refractivity contribution in [1.29, 1.82) is 0 Å². The van der Waals surface area contributed by atoms with Crippen LogP contribution in [0.1, 0.15) is 45.6 Å². The van der Waals surface area contributed by atoms with E-state index in [4.69, 9.17) is 11.6 Å². The zero-order valence-electron chi connectivity index (χ0n) is 18.2. The highest BCUT2D eigenvalue weighted by atomic mass is 35.5. The molecule has 0 aromatic heterocycles. The second-order valence-corrected chi connectivity index (χ2v) is 9.15. The lowest BCUT2D eigenvalue weighted by Crippen LogP contribution is -2.49. The molecule has 0 bridgehead atoms. The third kappa shape index (κ3) is 8.54. The van der Waals surface area contributed by atoms with Crippen molar-refractivity contribution in [2.45, 2.75) is 63.6 Å². The summed E-state index contributed by atoms with van der Waals surface area (Å²) in [7, 11) is 0. The van der Waals surface area contributed by atoms with Gasteiger partial charge in [-0.25, -0.2) is 4.39 Å². The molecule has 7 heteroatoms. The van der Waals surface area contributed by atoms with Crippen molar-refractivity contribution in [2.75, 3.05) is 5.75 Å². The highest BCUT2D eigenvalue weighted by molar-refractivity contribution is 7.99. The van der Waals surface area contributed by atoms with Crippen molar-refractivity contribution >= 4 is 35.2 Å². The van der Waals surface area contributed by atoms with Gasteiger partial charge in [-0.15, -0.1) is 11.8 Å². The molecule has 2 atom stereocenters. The molecule has 0 fully saturated rings. The minimum absolute atomic E-state index is 0.0356. The van der Waals surface area contributed by atoms with Gasteiger partial charge in [0.05, 0.1) is 0 Å². The lowest BCUT2D eigenvalue weighted by Gasteiger charge is -2.29. The first-order valence-electron chi connectivity index (χ1n) is 10.5. The van der Waals surface area contributed by atoms with E-state index in [0.717, 1.165) is 22.6 Å². The van der Waals surface area contributed by atoms with E-state index < -0.39 is 6.04 Å². The summed E-state index contributed by atoms with van der Waals surface area (Å²) in [5.74, 6) is 0.183. The molecule has 0 aliphatic carbocycles. The smallest absolute Gasteiger partial charge is 0.242 e. The van der Waals surface area contributed by atoms with Crippen molar-refractivity contribution in [1.82, 2.24) is 10.2 Å². The van der Waals surface area contributed by atoms with Crippen molar-refractivity contribution < 1.29 is 14.0 Å². The van der Waals surface area contributed by atoms with Gasteiger partial charge in [0, 0.05) is 28.9 Å². The van der Waals surface area contributed by atoms with Crippen molar-refractivity contribution in [3.05, 3.63) is 64.9 Å².